The second-order valence-electron chi connectivity index (χ2n) is 7.79. The van der Waals surface area contributed by atoms with Crippen LogP contribution in [0, 0.1) is 6.92 Å². The van der Waals surface area contributed by atoms with Crippen LogP contribution in [0.25, 0.3) is 16.9 Å². The summed E-state index contributed by atoms with van der Waals surface area (Å²) in [5, 5.41) is 3.28. The summed E-state index contributed by atoms with van der Waals surface area (Å²) >= 11 is 0. The van der Waals surface area contributed by atoms with Gasteiger partial charge in [0.2, 0.25) is 5.91 Å². The fourth-order valence-electron chi connectivity index (χ4n) is 4.04. The van der Waals surface area contributed by atoms with Crippen LogP contribution in [0.5, 0.6) is 5.75 Å². The summed E-state index contributed by atoms with van der Waals surface area (Å²) in [7, 11) is 0. The molecule has 2 aromatic carbocycles. The Morgan fingerprint density at radius 3 is 2.64 bits per heavy atom. The minimum atomic E-state index is -2.87. The molecule has 7 nitrogen and oxygen atoms in total. The van der Waals surface area contributed by atoms with Gasteiger partial charge < -0.3 is 15.0 Å². The van der Waals surface area contributed by atoms with Gasteiger partial charge in [-0.1, -0.05) is 0 Å². The maximum Gasteiger partial charge on any atom is 0.387 e. The van der Waals surface area contributed by atoms with Crippen LogP contribution in [-0.2, 0) is 4.79 Å². The molecule has 33 heavy (non-hydrogen) atoms. The van der Waals surface area contributed by atoms with Gasteiger partial charge in [0.25, 0.3) is 0 Å². The number of hydrogen-bond acceptors (Lipinski definition) is 5. The Balaban J connectivity index is 1.41. The Morgan fingerprint density at radius 1 is 1.12 bits per heavy atom. The predicted octanol–water partition coefficient (Wildman–Crippen LogP) is 5.18. The number of anilines is 3. The highest BCUT2D eigenvalue weighted by atomic mass is 19.3. The van der Waals surface area contributed by atoms with Gasteiger partial charge in [0.1, 0.15) is 5.75 Å². The monoisotopic (exact) mass is 449 g/mol. The Labute approximate surface area is 188 Å². The molecule has 1 aliphatic heterocycles. The first-order valence-electron chi connectivity index (χ1n) is 10.5. The van der Waals surface area contributed by atoms with E-state index in [2.05, 4.69) is 20.0 Å². The minimum absolute atomic E-state index is 0.144. The van der Waals surface area contributed by atoms with Crippen LogP contribution in [0.3, 0.4) is 0 Å². The van der Waals surface area contributed by atoms with E-state index in [9.17, 15) is 13.6 Å². The van der Waals surface area contributed by atoms with E-state index < -0.39 is 6.61 Å². The van der Waals surface area contributed by atoms with Crippen LogP contribution >= 0.6 is 0 Å². The maximum absolute atomic E-state index is 12.6. The summed E-state index contributed by atoms with van der Waals surface area (Å²) in [4.78, 5) is 22.7. The lowest BCUT2D eigenvalue weighted by molar-refractivity contribution is -0.117. The summed E-state index contributed by atoms with van der Waals surface area (Å²) in [6, 6.07) is 12.7. The third-order valence-corrected chi connectivity index (χ3v) is 5.63. The standard InChI is InChI=1S/C24H21F2N5O2/c1-15-13-16(4-9-20(15)33-24(25)26)19-14-28-23-22(27-10-12-31(19)23)29-17-5-7-18(8-6-17)30-11-2-3-21(30)32/h4-10,12-14,24H,2-3,11H2,1H3,(H,27,29). The first kappa shape index (κ1) is 20.9. The number of alkyl halides is 2. The number of carbonyl (C=O) groups is 1. The van der Waals surface area contributed by atoms with Crippen LogP contribution in [0.15, 0.2) is 61.1 Å². The van der Waals surface area contributed by atoms with Gasteiger partial charge in [-0.2, -0.15) is 8.78 Å². The molecule has 0 spiro atoms. The van der Waals surface area contributed by atoms with E-state index in [1.165, 1.54) is 6.07 Å². The fraction of sp³-hybridized carbons (Fsp3) is 0.208. The molecule has 168 valence electrons. The third-order valence-electron chi connectivity index (χ3n) is 5.63. The number of aromatic nitrogens is 3. The molecule has 1 saturated heterocycles. The average molecular weight is 449 g/mol. The zero-order valence-electron chi connectivity index (χ0n) is 17.8. The SMILES string of the molecule is Cc1cc(-c2cnc3c(Nc4ccc(N5CCCC5=O)cc4)nccn23)ccc1OC(F)F. The molecule has 1 amide bonds. The molecule has 2 aromatic heterocycles. The molecule has 9 heteroatoms. The number of halogens is 2. The van der Waals surface area contributed by atoms with Gasteiger partial charge >= 0.3 is 6.61 Å². The number of amides is 1. The number of rotatable bonds is 6. The molecule has 0 bridgehead atoms. The topological polar surface area (TPSA) is 71.8 Å². The van der Waals surface area contributed by atoms with Gasteiger partial charge in [0, 0.05) is 42.3 Å². The molecular formula is C24H21F2N5O2. The average Bonchev–Trinajstić information content (AvgIpc) is 3.42. The Hall–Kier alpha value is -4.01. The van der Waals surface area contributed by atoms with Crippen molar-refractivity contribution in [2.45, 2.75) is 26.4 Å². The van der Waals surface area contributed by atoms with E-state index in [-0.39, 0.29) is 11.7 Å². The summed E-state index contributed by atoms with van der Waals surface area (Å²) in [5.74, 6) is 0.866. The van der Waals surface area contributed by atoms with E-state index in [0.717, 1.165) is 35.6 Å². The first-order chi connectivity index (χ1) is 16.0. The number of nitrogens with zero attached hydrogens (tertiary/aromatic N) is 4. The van der Waals surface area contributed by atoms with E-state index >= 15 is 0 Å². The van der Waals surface area contributed by atoms with E-state index in [1.807, 2.05) is 28.7 Å². The van der Waals surface area contributed by atoms with E-state index in [0.29, 0.717) is 23.4 Å². The summed E-state index contributed by atoms with van der Waals surface area (Å²) in [6.45, 7) is -0.397. The number of hydrogen-bond donors (Lipinski definition) is 1. The number of nitrogens with one attached hydrogen (secondary N) is 1. The molecule has 0 aliphatic carbocycles. The van der Waals surface area contributed by atoms with Crippen molar-refractivity contribution in [3.8, 4) is 17.0 Å². The third kappa shape index (κ3) is 4.09. The lowest BCUT2D eigenvalue weighted by Gasteiger charge is -2.16. The molecular weight excluding hydrogens is 428 g/mol. The number of ether oxygens (including phenoxy) is 1. The van der Waals surface area contributed by atoms with Crippen molar-refractivity contribution in [2.75, 3.05) is 16.8 Å². The number of aryl methyl sites for hydroxylation is 1. The Bertz CT molecular complexity index is 1320. The van der Waals surface area contributed by atoms with Crippen LogP contribution in [0.4, 0.5) is 26.0 Å². The molecule has 4 aromatic rings. The lowest BCUT2D eigenvalue weighted by atomic mass is 10.1. The van der Waals surface area contributed by atoms with Gasteiger partial charge in [-0.05, 0) is 61.4 Å². The zero-order valence-corrected chi connectivity index (χ0v) is 17.8. The Kier molecular flexibility index (Phi) is 5.37. The van der Waals surface area contributed by atoms with Crippen molar-refractivity contribution in [3.63, 3.8) is 0 Å². The fourth-order valence-corrected chi connectivity index (χ4v) is 4.04. The number of fused-ring (bicyclic) bond motifs is 1. The number of benzene rings is 2. The van der Waals surface area contributed by atoms with Crippen LogP contribution in [-0.4, -0.2) is 33.4 Å². The van der Waals surface area contributed by atoms with Crippen molar-refractivity contribution in [1.82, 2.24) is 14.4 Å². The van der Waals surface area contributed by atoms with Crippen molar-refractivity contribution >= 4 is 28.7 Å². The maximum atomic E-state index is 12.6. The summed E-state index contributed by atoms with van der Waals surface area (Å²) < 4.78 is 31.5. The largest absolute Gasteiger partial charge is 0.435 e. The molecule has 0 unspecified atom stereocenters. The normalized spacial score (nSPS) is 13.8. The molecule has 1 N–H and O–H groups in total. The second kappa shape index (κ2) is 8.50. The van der Waals surface area contributed by atoms with Gasteiger partial charge in [0.05, 0.1) is 11.9 Å². The van der Waals surface area contributed by atoms with Gasteiger partial charge in [-0.25, -0.2) is 9.97 Å². The van der Waals surface area contributed by atoms with Crippen LogP contribution in [0.2, 0.25) is 0 Å². The van der Waals surface area contributed by atoms with Crippen molar-refractivity contribution in [1.29, 1.82) is 0 Å². The summed E-state index contributed by atoms with van der Waals surface area (Å²) in [5.41, 5.74) is 4.54. The molecule has 0 saturated carbocycles. The van der Waals surface area contributed by atoms with Crippen molar-refractivity contribution < 1.29 is 18.3 Å². The second-order valence-corrected chi connectivity index (χ2v) is 7.79. The van der Waals surface area contributed by atoms with Crippen molar-refractivity contribution in [2.24, 2.45) is 0 Å². The lowest BCUT2D eigenvalue weighted by Crippen LogP contribution is -2.23. The van der Waals surface area contributed by atoms with E-state index in [4.69, 9.17) is 0 Å². The Morgan fingerprint density at radius 2 is 1.94 bits per heavy atom. The minimum Gasteiger partial charge on any atom is -0.435 e. The molecule has 1 aliphatic rings. The van der Waals surface area contributed by atoms with Crippen molar-refractivity contribution in [3.05, 3.63) is 66.6 Å². The number of imidazole rings is 1. The van der Waals surface area contributed by atoms with Gasteiger partial charge in [-0.15, -0.1) is 0 Å². The first-order valence-corrected chi connectivity index (χ1v) is 10.5. The highest BCUT2D eigenvalue weighted by molar-refractivity contribution is 5.95. The summed E-state index contributed by atoms with van der Waals surface area (Å²) in [6.07, 6.45) is 6.65. The number of carbonyl (C=O) groups excluding carboxylic acids is 1. The van der Waals surface area contributed by atoms with Crippen LogP contribution < -0.4 is 15.0 Å². The molecule has 1 fully saturated rings. The molecule has 0 atom stereocenters. The highest BCUT2D eigenvalue weighted by Gasteiger charge is 2.21. The van der Waals surface area contributed by atoms with Gasteiger partial charge in [-0.3, -0.25) is 9.20 Å². The molecule has 3 heterocycles. The van der Waals surface area contributed by atoms with Gasteiger partial charge in [0.15, 0.2) is 11.5 Å². The zero-order chi connectivity index (χ0) is 22.9. The quantitative estimate of drug-likeness (QED) is 0.439. The predicted molar refractivity (Wildman–Crippen MR) is 121 cm³/mol. The molecule has 0 radical (unpaired) electrons. The van der Waals surface area contributed by atoms with Crippen LogP contribution in [0.1, 0.15) is 18.4 Å². The smallest absolute Gasteiger partial charge is 0.387 e. The van der Waals surface area contributed by atoms with E-state index in [1.54, 1.807) is 42.5 Å². The molecule has 5 rings (SSSR count). The highest BCUT2D eigenvalue weighted by Crippen LogP contribution is 2.30.